The number of imide groups is 1. The third kappa shape index (κ3) is 3.30. The van der Waals surface area contributed by atoms with Crippen molar-refractivity contribution in [2.75, 3.05) is 0 Å². The Labute approximate surface area is 120 Å². The lowest BCUT2D eigenvalue weighted by Crippen LogP contribution is -2.46. The van der Waals surface area contributed by atoms with E-state index in [9.17, 15) is 14.4 Å². The van der Waals surface area contributed by atoms with Crippen molar-refractivity contribution in [2.45, 2.75) is 37.6 Å². The highest BCUT2D eigenvalue weighted by Crippen LogP contribution is 2.64. The van der Waals surface area contributed by atoms with E-state index in [1.165, 1.54) is 0 Å². The van der Waals surface area contributed by atoms with Gasteiger partial charge in [-0.05, 0) is 12.8 Å². The van der Waals surface area contributed by atoms with E-state index in [0.717, 1.165) is 0 Å². The highest BCUT2D eigenvalue weighted by molar-refractivity contribution is 6.53. The maximum Gasteiger partial charge on any atom is 0.318 e. The number of hydrogen-bond acceptors (Lipinski definition) is 4. The first-order chi connectivity index (χ1) is 8.51. The molecule has 1 aliphatic carbocycles. The Hall–Kier alpha value is -1.01. The summed E-state index contributed by atoms with van der Waals surface area (Å²) >= 11 is 11.7. The van der Waals surface area contributed by atoms with Crippen LogP contribution in [0.3, 0.4) is 0 Å². The SMILES string of the molecule is CC(C)[C@@H](OC(=O)[C@]1(C)CC1(Cl)Cl)C(=O)NC(N)=O. The van der Waals surface area contributed by atoms with E-state index >= 15 is 0 Å². The molecular weight excluding hydrogens is 295 g/mol. The van der Waals surface area contributed by atoms with Gasteiger partial charge >= 0.3 is 12.0 Å². The quantitative estimate of drug-likeness (QED) is 0.604. The molecular formula is C11H16Cl2N2O4. The third-order valence-corrected chi connectivity index (χ3v) is 4.15. The van der Waals surface area contributed by atoms with Crippen molar-refractivity contribution in [3.05, 3.63) is 0 Å². The molecule has 1 saturated carbocycles. The predicted molar refractivity (Wildman–Crippen MR) is 69.6 cm³/mol. The van der Waals surface area contributed by atoms with Gasteiger partial charge in [0, 0.05) is 6.42 Å². The van der Waals surface area contributed by atoms with Crippen LogP contribution in [-0.4, -0.2) is 28.3 Å². The molecule has 8 heteroatoms. The molecule has 1 rings (SSSR count). The molecule has 3 amide bonds. The van der Waals surface area contributed by atoms with E-state index in [4.69, 9.17) is 33.7 Å². The number of nitrogens with two attached hydrogens (primary N) is 1. The van der Waals surface area contributed by atoms with Gasteiger partial charge in [0.2, 0.25) is 0 Å². The number of ether oxygens (including phenoxy) is 1. The highest BCUT2D eigenvalue weighted by atomic mass is 35.5. The van der Waals surface area contributed by atoms with E-state index < -0.39 is 33.8 Å². The number of primary amides is 1. The molecule has 0 aliphatic heterocycles. The molecule has 0 radical (unpaired) electrons. The smallest absolute Gasteiger partial charge is 0.318 e. The van der Waals surface area contributed by atoms with Crippen molar-refractivity contribution < 1.29 is 19.1 Å². The Bertz CT molecular complexity index is 425. The molecule has 2 atom stereocenters. The van der Waals surface area contributed by atoms with Crippen molar-refractivity contribution >= 4 is 41.1 Å². The fraction of sp³-hybridized carbons (Fsp3) is 0.727. The fourth-order valence-corrected chi connectivity index (χ4v) is 2.24. The number of rotatable bonds is 4. The highest BCUT2D eigenvalue weighted by Gasteiger charge is 2.69. The molecule has 6 nitrogen and oxygen atoms in total. The first kappa shape index (κ1) is 16.0. The van der Waals surface area contributed by atoms with Crippen LogP contribution in [0, 0.1) is 11.3 Å². The molecule has 1 fully saturated rings. The van der Waals surface area contributed by atoms with E-state index in [1.54, 1.807) is 20.8 Å². The molecule has 19 heavy (non-hydrogen) atoms. The summed E-state index contributed by atoms with van der Waals surface area (Å²) in [5.41, 5.74) is 3.82. The van der Waals surface area contributed by atoms with Crippen molar-refractivity contribution in [1.29, 1.82) is 0 Å². The second kappa shape index (κ2) is 5.17. The zero-order valence-corrected chi connectivity index (χ0v) is 12.3. The molecule has 0 aromatic heterocycles. The number of halogens is 2. The van der Waals surface area contributed by atoms with E-state index in [-0.39, 0.29) is 12.3 Å². The molecule has 1 aliphatic rings. The van der Waals surface area contributed by atoms with Gasteiger partial charge in [-0.2, -0.15) is 0 Å². The number of carbonyl (C=O) groups is 3. The number of amides is 3. The Morgan fingerprint density at radius 3 is 2.11 bits per heavy atom. The monoisotopic (exact) mass is 310 g/mol. The molecule has 0 heterocycles. The molecule has 0 spiro atoms. The average Bonchev–Trinajstić information content (AvgIpc) is 2.73. The molecule has 0 aromatic rings. The van der Waals surface area contributed by atoms with Gasteiger partial charge in [0.25, 0.3) is 5.91 Å². The van der Waals surface area contributed by atoms with E-state index in [1.807, 2.05) is 5.32 Å². The average molecular weight is 311 g/mol. The van der Waals surface area contributed by atoms with Crippen LogP contribution in [0.15, 0.2) is 0 Å². The minimum atomic E-state index is -1.17. The van der Waals surface area contributed by atoms with Gasteiger partial charge < -0.3 is 10.5 Å². The maximum atomic E-state index is 12.0. The van der Waals surface area contributed by atoms with E-state index in [0.29, 0.717) is 0 Å². The molecule has 3 N–H and O–H groups in total. The lowest BCUT2D eigenvalue weighted by Gasteiger charge is -2.22. The van der Waals surface area contributed by atoms with Crippen LogP contribution in [0.2, 0.25) is 0 Å². The van der Waals surface area contributed by atoms with Crippen molar-refractivity contribution in [1.82, 2.24) is 5.32 Å². The Balaban J connectivity index is 2.73. The zero-order valence-electron chi connectivity index (χ0n) is 10.8. The van der Waals surface area contributed by atoms with Crippen LogP contribution in [0.1, 0.15) is 27.2 Å². The zero-order chi connectivity index (χ0) is 15.0. The van der Waals surface area contributed by atoms with Crippen molar-refractivity contribution in [3.8, 4) is 0 Å². The molecule has 0 bridgehead atoms. The topological polar surface area (TPSA) is 98.5 Å². The number of carbonyl (C=O) groups excluding carboxylic acids is 3. The van der Waals surface area contributed by atoms with Gasteiger partial charge in [-0.15, -0.1) is 23.2 Å². The number of alkyl halides is 2. The Kier molecular flexibility index (Phi) is 4.37. The standard InChI is InChI=1S/C11H16Cl2N2O4/c1-5(2)6(7(16)15-9(14)18)19-8(17)10(3)4-11(10,12)13/h5-6H,4H2,1-3H3,(H3,14,15,16,18)/t6-,10+/m1/s1. The number of esters is 1. The molecule has 108 valence electrons. The summed E-state index contributed by atoms with van der Waals surface area (Å²) in [6, 6.07) is -1.01. The summed E-state index contributed by atoms with van der Waals surface area (Å²) in [6.07, 6.45) is -0.869. The van der Waals surface area contributed by atoms with Crippen LogP contribution < -0.4 is 11.1 Å². The van der Waals surface area contributed by atoms with Crippen LogP contribution >= 0.6 is 23.2 Å². The third-order valence-electron chi connectivity index (χ3n) is 3.05. The van der Waals surface area contributed by atoms with Crippen molar-refractivity contribution in [2.24, 2.45) is 17.1 Å². The first-order valence-electron chi connectivity index (χ1n) is 5.70. The largest absolute Gasteiger partial charge is 0.451 e. The van der Waals surface area contributed by atoms with Gasteiger partial charge in [0.1, 0.15) is 9.75 Å². The summed E-state index contributed by atoms with van der Waals surface area (Å²) in [5.74, 6) is -1.77. The summed E-state index contributed by atoms with van der Waals surface area (Å²) in [6.45, 7) is 4.89. The lowest BCUT2D eigenvalue weighted by molar-refractivity contribution is -0.163. The Morgan fingerprint density at radius 2 is 1.79 bits per heavy atom. The molecule has 0 saturated heterocycles. The summed E-state index contributed by atoms with van der Waals surface area (Å²) in [4.78, 5) is 34.3. The predicted octanol–water partition coefficient (Wildman–Crippen LogP) is 1.33. The lowest BCUT2D eigenvalue weighted by atomic mass is 10.1. The minimum Gasteiger partial charge on any atom is -0.451 e. The van der Waals surface area contributed by atoms with Gasteiger partial charge in [-0.25, -0.2) is 4.79 Å². The number of nitrogens with one attached hydrogen (secondary N) is 1. The summed E-state index contributed by atoms with van der Waals surface area (Å²) in [5, 5.41) is 1.88. The molecule has 0 unspecified atom stereocenters. The van der Waals surface area contributed by atoms with Gasteiger partial charge in [0.05, 0.1) is 0 Å². The maximum absolute atomic E-state index is 12.0. The molecule has 0 aromatic carbocycles. The number of hydrogen-bond donors (Lipinski definition) is 2. The van der Waals surface area contributed by atoms with E-state index in [2.05, 4.69) is 0 Å². The first-order valence-corrected chi connectivity index (χ1v) is 6.46. The van der Waals surface area contributed by atoms with Gasteiger partial charge in [0.15, 0.2) is 6.10 Å². The van der Waals surface area contributed by atoms with Crippen LogP contribution in [0.4, 0.5) is 4.79 Å². The normalized spacial score (nSPS) is 25.6. The second-order valence-corrected chi connectivity index (χ2v) is 6.62. The van der Waals surface area contributed by atoms with Crippen LogP contribution in [0.25, 0.3) is 0 Å². The van der Waals surface area contributed by atoms with Gasteiger partial charge in [-0.1, -0.05) is 13.8 Å². The van der Waals surface area contributed by atoms with Crippen molar-refractivity contribution in [3.63, 3.8) is 0 Å². The number of urea groups is 1. The summed E-state index contributed by atoms with van der Waals surface area (Å²) in [7, 11) is 0. The van der Waals surface area contributed by atoms with Crippen LogP contribution in [-0.2, 0) is 14.3 Å². The fourth-order valence-electron chi connectivity index (χ4n) is 1.55. The minimum absolute atomic E-state index is 0.254. The second-order valence-electron chi connectivity index (χ2n) is 5.14. The van der Waals surface area contributed by atoms with Gasteiger partial charge in [-0.3, -0.25) is 14.9 Å². The Morgan fingerprint density at radius 1 is 1.32 bits per heavy atom. The summed E-state index contributed by atoms with van der Waals surface area (Å²) < 4.78 is 3.93. The van der Waals surface area contributed by atoms with Crippen LogP contribution in [0.5, 0.6) is 0 Å².